The van der Waals surface area contributed by atoms with E-state index in [9.17, 15) is 4.39 Å². The summed E-state index contributed by atoms with van der Waals surface area (Å²) in [5.74, 6) is -0.183. The maximum Gasteiger partial charge on any atom is 0.125 e. The fourth-order valence-corrected chi connectivity index (χ4v) is 2.40. The quantitative estimate of drug-likeness (QED) is 0.834. The summed E-state index contributed by atoms with van der Waals surface area (Å²) in [6.07, 6.45) is 1.97. The molecule has 0 bridgehead atoms. The van der Waals surface area contributed by atoms with Gasteiger partial charge in [0, 0.05) is 18.8 Å². The Morgan fingerprint density at radius 2 is 1.82 bits per heavy atom. The topological polar surface area (TPSA) is 55.3 Å². The zero-order chi connectivity index (χ0) is 12.3. The van der Waals surface area contributed by atoms with Crippen LogP contribution < -0.4 is 16.4 Å². The summed E-state index contributed by atoms with van der Waals surface area (Å²) in [6, 6.07) is 6.74. The SMILES string of the molecule is NCC1(CN)CCN(c2cccc(F)c2)CC1. The second-order valence-corrected chi connectivity index (χ2v) is 4.88. The Morgan fingerprint density at radius 1 is 1.18 bits per heavy atom. The van der Waals surface area contributed by atoms with Crippen LogP contribution in [-0.2, 0) is 0 Å². The lowest BCUT2D eigenvalue weighted by Crippen LogP contribution is -2.47. The minimum Gasteiger partial charge on any atom is -0.371 e. The molecule has 94 valence electrons. The number of halogens is 1. The lowest BCUT2D eigenvalue weighted by molar-refractivity contribution is 0.238. The molecule has 1 aliphatic rings. The molecule has 1 aromatic carbocycles. The Hall–Kier alpha value is -1.13. The summed E-state index contributed by atoms with van der Waals surface area (Å²) in [6.45, 7) is 3.08. The first-order chi connectivity index (χ1) is 8.19. The van der Waals surface area contributed by atoms with Gasteiger partial charge in [-0.3, -0.25) is 0 Å². The van der Waals surface area contributed by atoms with Crippen molar-refractivity contribution in [3.8, 4) is 0 Å². The van der Waals surface area contributed by atoms with Crippen LogP contribution in [0.2, 0.25) is 0 Å². The van der Waals surface area contributed by atoms with Gasteiger partial charge in [0.15, 0.2) is 0 Å². The molecule has 0 spiro atoms. The summed E-state index contributed by atoms with van der Waals surface area (Å²) in [5.41, 5.74) is 12.6. The van der Waals surface area contributed by atoms with Crippen LogP contribution in [0.15, 0.2) is 24.3 Å². The van der Waals surface area contributed by atoms with Crippen LogP contribution in [0.25, 0.3) is 0 Å². The zero-order valence-corrected chi connectivity index (χ0v) is 10.0. The predicted octanol–water partition coefficient (Wildman–Crippen LogP) is 1.33. The molecular formula is C13H20FN3. The number of hydrogen-bond donors (Lipinski definition) is 2. The Morgan fingerprint density at radius 3 is 2.35 bits per heavy atom. The van der Waals surface area contributed by atoms with Crippen molar-refractivity contribution in [3.63, 3.8) is 0 Å². The van der Waals surface area contributed by atoms with Crippen molar-refractivity contribution in [2.45, 2.75) is 12.8 Å². The smallest absolute Gasteiger partial charge is 0.125 e. The number of nitrogens with zero attached hydrogens (tertiary/aromatic N) is 1. The number of rotatable bonds is 3. The van der Waals surface area contributed by atoms with Crippen molar-refractivity contribution in [2.75, 3.05) is 31.1 Å². The van der Waals surface area contributed by atoms with Crippen LogP contribution >= 0.6 is 0 Å². The van der Waals surface area contributed by atoms with E-state index in [1.165, 1.54) is 6.07 Å². The summed E-state index contributed by atoms with van der Waals surface area (Å²) in [5, 5.41) is 0. The van der Waals surface area contributed by atoms with Gasteiger partial charge in [-0.1, -0.05) is 6.07 Å². The maximum atomic E-state index is 13.1. The van der Waals surface area contributed by atoms with E-state index in [-0.39, 0.29) is 11.2 Å². The van der Waals surface area contributed by atoms with Crippen LogP contribution in [0.1, 0.15) is 12.8 Å². The Balaban J connectivity index is 2.04. The molecule has 17 heavy (non-hydrogen) atoms. The Labute approximate surface area is 102 Å². The van der Waals surface area contributed by atoms with Crippen LogP contribution in [0.3, 0.4) is 0 Å². The van der Waals surface area contributed by atoms with Gasteiger partial charge in [-0.25, -0.2) is 4.39 Å². The number of nitrogens with two attached hydrogens (primary N) is 2. The molecule has 2 rings (SSSR count). The third-order valence-corrected chi connectivity index (χ3v) is 3.86. The highest BCUT2D eigenvalue weighted by molar-refractivity contribution is 5.46. The first-order valence-electron chi connectivity index (χ1n) is 6.10. The second-order valence-electron chi connectivity index (χ2n) is 4.88. The number of anilines is 1. The molecule has 0 saturated carbocycles. The van der Waals surface area contributed by atoms with Gasteiger partial charge in [0.1, 0.15) is 5.82 Å². The number of benzene rings is 1. The van der Waals surface area contributed by atoms with E-state index in [0.717, 1.165) is 31.6 Å². The molecule has 3 nitrogen and oxygen atoms in total. The highest BCUT2D eigenvalue weighted by Crippen LogP contribution is 2.31. The monoisotopic (exact) mass is 237 g/mol. The predicted molar refractivity (Wildman–Crippen MR) is 68.4 cm³/mol. The third kappa shape index (κ3) is 2.58. The fraction of sp³-hybridized carbons (Fsp3) is 0.538. The van der Waals surface area contributed by atoms with Gasteiger partial charge >= 0.3 is 0 Å². The standard InChI is InChI=1S/C13H20FN3/c14-11-2-1-3-12(8-11)17-6-4-13(9-15,10-16)5-7-17/h1-3,8H,4-7,9-10,15-16H2. The fourth-order valence-electron chi connectivity index (χ4n) is 2.40. The third-order valence-electron chi connectivity index (χ3n) is 3.86. The molecule has 1 fully saturated rings. The van der Waals surface area contributed by atoms with Gasteiger partial charge in [-0.2, -0.15) is 0 Å². The summed E-state index contributed by atoms with van der Waals surface area (Å²) in [7, 11) is 0. The number of piperidine rings is 1. The van der Waals surface area contributed by atoms with Crippen molar-refractivity contribution < 1.29 is 4.39 Å². The largest absolute Gasteiger partial charge is 0.371 e. The van der Waals surface area contributed by atoms with Crippen LogP contribution in [0.4, 0.5) is 10.1 Å². The van der Waals surface area contributed by atoms with Gasteiger partial charge < -0.3 is 16.4 Å². The minimum absolute atomic E-state index is 0.0871. The van der Waals surface area contributed by atoms with Crippen LogP contribution in [0.5, 0.6) is 0 Å². The number of hydrogen-bond acceptors (Lipinski definition) is 3. The molecule has 0 unspecified atom stereocenters. The highest BCUT2D eigenvalue weighted by Gasteiger charge is 2.32. The zero-order valence-electron chi connectivity index (χ0n) is 10.0. The molecule has 4 heteroatoms. The molecule has 0 aromatic heterocycles. The van der Waals surface area contributed by atoms with E-state index in [4.69, 9.17) is 11.5 Å². The molecule has 0 radical (unpaired) electrons. The maximum absolute atomic E-state index is 13.1. The van der Waals surface area contributed by atoms with Crippen LogP contribution in [0, 0.1) is 11.2 Å². The van der Waals surface area contributed by atoms with Gasteiger partial charge in [0.05, 0.1) is 0 Å². The van der Waals surface area contributed by atoms with E-state index in [2.05, 4.69) is 4.90 Å². The molecule has 0 aliphatic carbocycles. The lowest BCUT2D eigenvalue weighted by Gasteiger charge is -2.41. The summed E-state index contributed by atoms with van der Waals surface area (Å²) >= 11 is 0. The molecule has 4 N–H and O–H groups in total. The van der Waals surface area contributed by atoms with Crippen molar-refractivity contribution >= 4 is 5.69 Å². The van der Waals surface area contributed by atoms with E-state index in [1.54, 1.807) is 12.1 Å². The van der Waals surface area contributed by atoms with E-state index in [1.807, 2.05) is 6.07 Å². The van der Waals surface area contributed by atoms with Gasteiger partial charge in [-0.05, 0) is 49.5 Å². The van der Waals surface area contributed by atoms with Crippen LogP contribution in [-0.4, -0.2) is 26.2 Å². The second kappa shape index (κ2) is 5.02. The summed E-state index contributed by atoms with van der Waals surface area (Å²) < 4.78 is 13.1. The van der Waals surface area contributed by atoms with Gasteiger partial charge in [0.2, 0.25) is 0 Å². The molecule has 1 aliphatic heterocycles. The molecule has 1 aromatic rings. The molecule has 1 saturated heterocycles. The Bertz CT molecular complexity index is 367. The molecule has 0 atom stereocenters. The Kier molecular flexibility index (Phi) is 3.64. The van der Waals surface area contributed by atoms with E-state index in [0.29, 0.717) is 13.1 Å². The van der Waals surface area contributed by atoms with Gasteiger partial charge in [-0.15, -0.1) is 0 Å². The average Bonchev–Trinajstić information content (AvgIpc) is 2.39. The van der Waals surface area contributed by atoms with E-state index >= 15 is 0 Å². The van der Waals surface area contributed by atoms with E-state index < -0.39 is 0 Å². The molecule has 1 heterocycles. The average molecular weight is 237 g/mol. The minimum atomic E-state index is -0.183. The highest BCUT2D eigenvalue weighted by atomic mass is 19.1. The van der Waals surface area contributed by atoms with Crippen molar-refractivity contribution in [1.82, 2.24) is 0 Å². The van der Waals surface area contributed by atoms with Crippen molar-refractivity contribution in [2.24, 2.45) is 16.9 Å². The molecule has 0 amide bonds. The first kappa shape index (κ1) is 12.3. The van der Waals surface area contributed by atoms with Crippen molar-refractivity contribution in [1.29, 1.82) is 0 Å². The van der Waals surface area contributed by atoms with Gasteiger partial charge in [0.25, 0.3) is 0 Å². The molecular weight excluding hydrogens is 217 g/mol. The first-order valence-corrected chi connectivity index (χ1v) is 6.10. The normalized spacial score (nSPS) is 19.4. The van der Waals surface area contributed by atoms with Crippen molar-refractivity contribution in [3.05, 3.63) is 30.1 Å². The lowest BCUT2D eigenvalue weighted by atomic mass is 9.78. The summed E-state index contributed by atoms with van der Waals surface area (Å²) in [4.78, 5) is 2.20.